The average Bonchev–Trinajstić information content (AvgIpc) is 2.27. The quantitative estimate of drug-likeness (QED) is 0.717. The predicted octanol–water partition coefficient (Wildman–Crippen LogP) is 3.91. The van der Waals surface area contributed by atoms with Gasteiger partial charge in [0.25, 0.3) is 0 Å². The van der Waals surface area contributed by atoms with Gasteiger partial charge in [0.05, 0.1) is 12.2 Å². The summed E-state index contributed by atoms with van der Waals surface area (Å²) in [5, 5.41) is 2.83. The van der Waals surface area contributed by atoms with Crippen molar-refractivity contribution in [3.63, 3.8) is 0 Å². The lowest BCUT2D eigenvalue weighted by Gasteiger charge is -2.24. The minimum atomic E-state index is -0.0974. The zero-order valence-corrected chi connectivity index (χ0v) is 13.3. The molecule has 0 atom stereocenters. The molecule has 0 aliphatic heterocycles. The Labute approximate surface area is 114 Å². The molecule has 0 aliphatic rings. The summed E-state index contributed by atoms with van der Waals surface area (Å²) in [5.74, 6) is 0.0872. The summed E-state index contributed by atoms with van der Waals surface area (Å²) in [6.45, 7) is 13.8. The zero-order valence-electron chi connectivity index (χ0n) is 13.3. The summed E-state index contributed by atoms with van der Waals surface area (Å²) in [7, 11) is 0. The normalized spacial score (nSPS) is 10.6. The standard InChI is InChI=1S/C12H25NO2.C3H8/c1-5-8-12(3,4)15-10-7-11(14)13-9-6-2;1-3-2/h5-10H2,1-4H3,(H,13,14);3H2,1-2H3. The van der Waals surface area contributed by atoms with Crippen LogP contribution < -0.4 is 5.32 Å². The lowest BCUT2D eigenvalue weighted by Crippen LogP contribution is -2.29. The second-order valence-corrected chi connectivity index (χ2v) is 5.17. The first-order valence-corrected chi connectivity index (χ1v) is 7.34. The number of carbonyl (C=O) groups excluding carboxylic acids is 1. The zero-order chi connectivity index (χ0) is 14.4. The summed E-state index contributed by atoms with van der Waals surface area (Å²) >= 11 is 0. The molecule has 0 radical (unpaired) electrons. The topological polar surface area (TPSA) is 38.3 Å². The number of nitrogens with one attached hydrogen (secondary N) is 1. The highest BCUT2D eigenvalue weighted by Crippen LogP contribution is 2.16. The van der Waals surface area contributed by atoms with Crippen LogP contribution in [0.5, 0.6) is 0 Å². The van der Waals surface area contributed by atoms with Gasteiger partial charge in [-0.15, -0.1) is 0 Å². The van der Waals surface area contributed by atoms with Crippen LogP contribution in [0, 0.1) is 0 Å². The van der Waals surface area contributed by atoms with Gasteiger partial charge in [0.1, 0.15) is 0 Å². The highest BCUT2D eigenvalue weighted by molar-refractivity contribution is 5.75. The smallest absolute Gasteiger partial charge is 0.222 e. The molecule has 0 fully saturated rings. The number of ether oxygens (including phenoxy) is 1. The van der Waals surface area contributed by atoms with E-state index in [1.807, 2.05) is 6.92 Å². The lowest BCUT2D eigenvalue weighted by molar-refractivity contribution is -0.123. The number of carbonyl (C=O) groups is 1. The molecular weight excluding hydrogens is 226 g/mol. The van der Waals surface area contributed by atoms with Gasteiger partial charge in [-0.25, -0.2) is 0 Å². The first-order valence-electron chi connectivity index (χ1n) is 7.34. The van der Waals surface area contributed by atoms with Crippen LogP contribution in [0.25, 0.3) is 0 Å². The van der Waals surface area contributed by atoms with Crippen molar-refractivity contribution in [3.05, 3.63) is 0 Å². The van der Waals surface area contributed by atoms with Gasteiger partial charge in [0.2, 0.25) is 5.91 Å². The molecule has 3 heteroatoms. The molecule has 1 amide bonds. The van der Waals surface area contributed by atoms with Gasteiger partial charge in [-0.3, -0.25) is 4.79 Å². The van der Waals surface area contributed by atoms with Gasteiger partial charge in [0.15, 0.2) is 0 Å². The summed E-state index contributed by atoms with van der Waals surface area (Å²) in [6, 6.07) is 0. The Balaban J connectivity index is 0. The van der Waals surface area contributed by atoms with Gasteiger partial charge in [-0.1, -0.05) is 40.5 Å². The van der Waals surface area contributed by atoms with E-state index in [0.717, 1.165) is 25.8 Å². The van der Waals surface area contributed by atoms with Crippen molar-refractivity contribution in [3.8, 4) is 0 Å². The second kappa shape index (κ2) is 12.9. The number of hydrogen-bond donors (Lipinski definition) is 1. The molecule has 0 heterocycles. The number of amides is 1. The SMILES string of the molecule is CCC.CCCNC(=O)CCOC(C)(C)CCC. The Morgan fingerprint density at radius 3 is 2.11 bits per heavy atom. The van der Waals surface area contributed by atoms with Crippen molar-refractivity contribution in [1.82, 2.24) is 5.32 Å². The molecule has 0 rings (SSSR count). The van der Waals surface area contributed by atoms with E-state index in [1.165, 1.54) is 6.42 Å². The third kappa shape index (κ3) is 15.4. The Morgan fingerprint density at radius 2 is 1.67 bits per heavy atom. The van der Waals surface area contributed by atoms with Crippen molar-refractivity contribution in [2.45, 2.75) is 79.2 Å². The average molecular weight is 259 g/mol. The largest absolute Gasteiger partial charge is 0.375 e. The molecule has 0 spiro atoms. The highest BCUT2D eigenvalue weighted by atomic mass is 16.5. The lowest BCUT2D eigenvalue weighted by atomic mass is 10.0. The van der Waals surface area contributed by atoms with Crippen LogP contribution in [0.3, 0.4) is 0 Å². The van der Waals surface area contributed by atoms with Crippen LogP contribution in [-0.4, -0.2) is 24.7 Å². The summed E-state index contributed by atoms with van der Waals surface area (Å²) in [6.07, 6.45) is 4.83. The Hall–Kier alpha value is -0.570. The van der Waals surface area contributed by atoms with Gasteiger partial charge < -0.3 is 10.1 Å². The maximum Gasteiger partial charge on any atom is 0.222 e. The molecule has 0 saturated carbocycles. The monoisotopic (exact) mass is 259 g/mol. The van der Waals surface area contributed by atoms with E-state index in [1.54, 1.807) is 0 Å². The summed E-state index contributed by atoms with van der Waals surface area (Å²) in [5.41, 5.74) is -0.0974. The number of hydrogen-bond acceptors (Lipinski definition) is 2. The molecular formula is C15H33NO2. The number of rotatable bonds is 8. The summed E-state index contributed by atoms with van der Waals surface area (Å²) < 4.78 is 5.66. The van der Waals surface area contributed by atoms with Crippen LogP contribution in [-0.2, 0) is 9.53 Å². The van der Waals surface area contributed by atoms with Gasteiger partial charge in [-0.05, 0) is 26.7 Å². The highest BCUT2D eigenvalue weighted by Gasteiger charge is 2.16. The molecule has 110 valence electrons. The predicted molar refractivity (Wildman–Crippen MR) is 78.8 cm³/mol. The van der Waals surface area contributed by atoms with E-state index in [9.17, 15) is 4.79 Å². The van der Waals surface area contributed by atoms with E-state index >= 15 is 0 Å². The van der Waals surface area contributed by atoms with Crippen molar-refractivity contribution in [2.75, 3.05) is 13.2 Å². The van der Waals surface area contributed by atoms with Crippen LogP contribution >= 0.6 is 0 Å². The molecule has 0 aliphatic carbocycles. The second-order valence-electron chi connectivity index (χ2n) is 5.17. The van der Waals surface area contributed by atoms with Crippen molar-refractivity contribution >= 4 is 5.91 Å². The van der Waals surface area contributed by atoms with E-state index in [4.69, 9.17) is 4.74 Å². The van der Waals surface area contributed by atoms with Crippen LogP contribution in [0.15, 0.2) is 0 Å². The fourth-order valence-electron chi connectivity index (χ4n) is 1.45. The minimum Gasteiger partial charge on any atom is -0.375 e. The maximum absolute atomic E-state index is 11.3. The van der Waals surface area contributed by atoms with Gasteiger partial charge in [-0.2, -0.15) is 0 Å². The molecule has 3 nitrogen and oxygen atoms in total. The molecule has 0 aromatic heterocycles. The van der Waals surface area contributed by atoms with Crippen molar-refractivity contribution < 1.29 is 9.53 Å². The van der Waals surface area contributed by atoms with E-state index < -0.39 is 0 Å². The molecule has 0 aromatic carbocycles. The minimum absolute atomic E-state index is 0.0872. The van der Waals surface area contributed by atoms with Crippen molar-refractivity contribution in [1.29, 1.82) is 0 Å². The molecule has 0 bridgehead atoms. The molecule has 0 saturated heterocycles. The van der Waals surface area contributed by atoms with Crippen LogP contribution in [0.4, 0.5) is 0 Å². The van der Waals surface area contributed by atoms with Gasteiger partial charge >= 0.3 is 0 Å². The molecule has 1 N–H and O–H groups in total. The summed E-state index contributed by atoms with van der Waals surface area (Å²) in [4.78, 5) is 11.3. The Morgan fingerprint density at radius 1 is 1.11 bits per heavy atom. The van der Waals surface area contributed by atoms with E-state index in [2.05, 4.69) is 39.9 Å². The molecule has 0 aromatic rings. The Bertz CT molecular complexity index is 191. The molecule has 18 heavy (non-hydrogen) atoms. The van der Waals surface area contributed by atoms with E-state index in [-0.39, 0.29) is 11.5 Å². The first-order chi connectivity index (χ1) is 8.43. The third-order valence-electron chi connectivity index (χ3n) is 2.25. The van der Waals surface area contributed by atoms with Crippen LogP contribution in [0.1, 0.15) is 73.6 Å². The fraction of sp³-hybridized carbons (Fsp3) is 0.933. The van der Waals surface area contributed by atoms with Crippen LogP contribution in [0.2, 0.25) is 0 Å². The van der Waals surface area contributed by atoms with Crippen molar-refractivity contribution in [2.24, 2.45) is 0 Å². The molecule has 0 unspecified atom stereocenters. The van der Waals surface area contributed by atoms with Gasteiger partial charge in [0, 0.05) is 13.0 Å². The Kier molecular flexibility index (Phi) is 14.1. The van der Waals surface area contributed by atoms with E-state index in [0.29, 0.717) is 13.0 Å². The maximum atomic E-state index is 11.3. The first kappa shape index (κ1) is 19.8. The fourth-order valence-corrected chi connectivity index (χ4v) is 1.45. The third-order valence-corrected chi connectivity index (χ3v) is 2.25.